The number of hydrogen-bond donors (Lipinski definition) is 1. The predicted octanol–water partition coefficient (Wildman–Crippen LogP) is 4.07. The summed E-state index contributed by atoms with van der Waals surface area (Å²) in [5.41, 5.74) is 5.31. The maximum Gasteiger partial charge on any atom is 0.118 e. The molecule has 24 heavy (non-hydrogen) atoms. The highest BCUT2D eigenvalue weighted by Gasteiger charge is 2.27. The van der Waals surface area contributed by atoms with Gasteiger partial charge >= 0.3 is 0 Å². The first-order chi connectivity index (χ1) is 11.6. The predicted molar refractivity (Wildman–Crippen MR) is 99.5 cm³/mol. The first-order valence-electron chi connectivity index (χ1n) is 8.68. The number of nitrogens with one attached hydrogen (secondary N) is 1. The van der Waals surface area contributed by atoms with Crippen LogP contribution in [0.3, 0.4) is 0 Å². The molecule has 0 bridgehead atoms. The van der Waals surface area contributed by atoms with Gasteiger partial charge in [-0.15, -0.1) is 0 Å². The zero-order valence-corrected chi connectivity index (χ0v) is 14.3. The molecule has 3 heterocycles. The van der Waals surface area contributed by atoms with Gasteiger partial charge in [-0.2, -0.15) is 0 Å². The molecule has 2 aromatic rings. The van der Waals surface area contributed by atoms with Gasteiger partial charge in [-0.1, -0.05) is 30.3 Å². The van der Waals surface area contributed by atoms with Crippen molar-refractivity contribution in [3.05, 3.63) is 65.9 Å². The van der Waals surface area contributed by atoms with Crippen molar-refractivity contribution in [2.75, 3.05) is 13.1 Å². The smallest absolute Gasteiger partial charge is 0.118 e. The Labute approximate surface area is 143 Å². The van der Waals surface area contributed by atoms with Crippen LogP contribution in [-0.4, -0.2) is 23.8 Å². The Hall–Kier alpha value is -2.26. The fraction of sp³-hybridized carbons (Fsp3) is 0.333. The number of rotatable bonds is 3. The lowest BCUT2D eigenvalue weighted by Crippen LogP contribution is -2.16. The molecule has 1 aromatic heterocycles. The van der Waals surface area contributed by atoms with Crippen LogP contribution in [0.1, 0.15) is 37.4 Å². The maximum atomic E-state index is 4.89. The molecule has 2 aliphatic heterocycles. The zero-order chi connectivity index (χ0) is 16.6. The second-order valence-electron chi connectivity index (χ2n) is 6.95. The van der Waals surface area contributed by atoms with E-state index in [4.69, 9.17) is 9.98 Å². The van der Waals surface area contributed by atoms with E-state index in [1.807, 2.05) is 6.92 Å². The second-order valence-corrected chi connectivity index (χ2v) is 6.95. The number of hydrogen-bond acceptors (Lipinski definition) is 3. The number of allylic oxidation sites excluding steroid dienone is 1. The molecule has 0 aliphatic carbocycles. The Balaban J connectivity index is 1.63. The van der Waals surface area contributed by atoms with E-state index in [1.54, 1.807) is 0 Å². The van der Waals surface area contributed by atoms with E-state index in [9.17, 15) is 0 Å². The summed E-state index contributed by atoms with van der Waals surface area (Å²) in [7, 11) is 0. The molecular weight excluding hydrogens is 294 g/mol. The highest BCUT2D eigenvalue weighted by molar-refractivity contribution is 5.95. The van der Waals surface area contributed by atoms with E-state index >= 15 is 0 Å². The zero-order valence-electron chi connectivity index (χ0n) is 14.3. The highest BCUT2D eigenvalue weighted by Crippen LogP contribution is 2.31. The lowest BCUT2D eigenvalue weighted by Gasteiger charge is -2.19. The van der Waals surface area contributed by atoms with E-state index < -0.39 is 0 Å². The highest BCUT2D eigenvalue weighted by atomic mass is 14.9. The Morgan fingerprint density at radius 2 is 1.96 bits per heavy atom. The summed E-state index contributed by atoms with van der Waals surface area (Å²) in [6.07, 6.45) is 5.43. The molecule has 122 valence electrons. The van der Waals surface area contributed by atoms with E-state index in [-0.39, 0.29) is 5.54 Å². The van der Waals surface area contributed by atoms with Crippen molar-refractivity contribution >= 4 is 5.71 Å². The lowest BCUT2D eigenvalue weighted by atomic mass is 9.96. The number of aromatic nitrogens is 1. The van der Waals surface area contributed by atoms with Gasteiger partial charge in [0.1, 0.15) is 5.54 Å². The number of aliphatic imine (C=N–C) groups is 1. The summed E-state index contributed by atoms with van der Waals surface area (Å²) in [5.74, 6) is 0.651. The number of nitrogens with zero attached hydrogens (tertiary/aromatic N) is 2. The Morgan fingerprint density at radius 3 is 2.62 bits per heavy atom. The Bertz CT molecular complexity index is 798. The van der Waals surface area contributed by atoms with E-state index in [0.717, 1.165) is 35.8 Å². The van der Waals surface area contributed by atoms with Crippen LogP contribution in [-0.2, 0) is 5.54 Å². The minimum Gasteiger partial charge on any atom is -0.316 e. The number of pyridine rings is 1. The molecule has 4 rings (SSSR count). The van der Waals surface area contributed by atoms with Crippen LogP contribution in [0.2, 0.25) is 0 Å². The minimum absolute atomic E-state index is 0.338. The monoisotopic (exact) mass is 317 g/mol. The first-order valence-corrected chi connectivity index (χ1v) is 8.68. The van der Waals surface area contributed by atoms with Crippen LogP contribution in [0.15, 0.2) is 59.6 Å². The largest absolute Gasteiger partial charge is 0.316 e. The molecule has 1 fully saturated rings. The lowest BCUT2D eigenvalue weighted by molar-refractivity contribution is 0.622. The second kappa shape index (κ2) is 5.99. The number of benzene rings is 1. The fourth-order valence-corrected chi connectivity index (χ4v) is 3.61. The van der Waals surface area contributed by atoms with Crippen LogP contribution in [0.5, 0.6) is 0 Å². The van der Waals surface area contributed by atoms with Crippen molar-refractivity contribution in [1.82, 2.24) is 10.3 Å². The van der Waals surface area contributed by atoms with Gasteiger partial charge in [-0.3, -0.25) is 4.99 Å². The van der Waals surface area contributed by atoms with Crippen molar-refractivity contribution in [1.29, 1.82) is 0 Å². The van der Waals surface area contributed by atoms with Crippen LogP contribution in [0.25, 0.3) is 11.3 Å². The Morgan fingerprint density at radius 1 is 1.12 bits per heavy atom. The topological polar surface area (TPSA) is 37.3 Å². The van der Waals surface area contributed by atoms with E-state index in [1.165, 1.54) is 12.0 Å². The molecule has 0 amide bonds. The molecule has 1 N–H and O–H groups in total. The maximum absolute atomic E-state index is 4.89. The molecule has 2 atom stereocenters. The van der Waals surface area contributed by atoms with Gasteiger partial charge in [0, 0.05) is 17.8 Å². The van der Waals surface area contributed by atoms with Gasteiger partial charge in [-0.05, 0) is 62.6 Å². The van der Waals surface area contributed by atoms with Crippen molar-refractivity contribution < 1.29 is 0 Å². The summed E-state index contributed by atoms with van der Waals surface area (Å²) in [6, 6.07) is 15.1. The van der Waals surface area contributed by atoms with Crippen molar-refractivity contribution in [3.63, 3.8) is 0 Å². The van der Waals surface area contributed by atoms with Crippen LogP contribution >= 0.6 is 0 Å². The van der Waals surface area contributed by atoms with Crippen molar-refractivity contribution in [2.45, 2.75) is 31.7 Å². The molecule has 1 saturated heterocycles. The van der Waals surface area contributed by atoms with E-state index in [0.29, 0.717) is 5.92 Å². The average Bonchev–Trinajstić information content (AvgIpc) is 3.26. The molecular formula is C21H23N3. The molecule has 0 saturated carbocycles. The fourth-order valence-electron chi connectivity index (χ4n) is 3.61. The van der Waals surface area contributed by atoms with Crippen LogP contribution < -0.4 is 5.32 Å². The van der Waals surface area contributed by atoms with Crippen LogP contribution in [0, 0.1) is 0 Å². The summed E-state index contributed by atoms with van der Waals surface area (Å²) in [6.45, 7) is 6.36. The van der Waals surface area contributed by atoms with Crippen molar-refractivity contribution in [3.8, 4) is 11.3 Å². The third-order valence-corrected chi connectivity index (χ3v) is 5.06. The molecule has 3 heteroatoms. The van der Waals surface area contributed by atoms with Gasteiger partial charge < -0.3 is 5.32 Å². The summed E-state index contributed by atoms with van der Waals surface area (Å²) in [5, 5.41) is 3.43. The summed E-state index contributed by atoms with van der Waals surface area (Å²) < 4.78 is 0. The summed E-state index contributed by atoms with van der Waals surface area (Å²) in [4.78, 5) is 9.62. The Kier molecular flexibility index (Phi) is 3.81. The molecule has 0 radical (unpaired) electrons. The van der Waals surface area contributed by atoms with Gasteiger partial charge in [0.2, 0.25) is 0 Å². The van der Waals surface area contributed by atoms with E-state index in [2.05, 4.69) is 66.9 Å². The standard InChI is InChI=1S/C21H23N3/c1-15-10-12-21(2,24-15)20-5-3-4-19(23-20)17-8-6-16(7-9-17)18-11-13-22-14-18/h3-10,12,18,22H,11,13-14H2,1-2H3. The quantitative estimate of drug-likeness (QED) is 0.926. The van der Waals surface area contributed by atoms with Crippen LogP contribution in [0.4, 0.5) is 0 Å². The third kappa shape index (κ3) is 2.80. The average molecular weight is 317 g/mol. The van der Waals surface area contributed by atoms with Gasteiger partial charge in [0.25, 0.3) is 0 Å². The van der Waals surface area contributed by atoms with Gasteiger partial charge in [0.15, 0.2) is 0 Å². The van der Waals surface area contributed by atoms with Gasteiger partial charge in [0.05, 0.1) is 11.4 Å². The first kappa shape index (κ1) is 15.3. The SMILES string of the molecule is CC1=NC(C)(c2cccc(-c3ccc(C4CCNC4)cc3)n2)C=C1. The molecule has 1 aromatic carbocycles. The van der Waals surface area contributed by atoms with Gasteiger partial charge in [-0.25, -0.2) is 4.98 Å². The molecule has 2 aliphatic rings. The minimum atomic E-state index is -0.338. The third-order valence-electron chi connectivity index (χ3n) is 5.06. The molecule has 3 nitrogen and oxygen atoms in total. The normalized spacial score (nSPS) is 25.9. The molecule has 2 unspecified atom stereocenters. The summed E-state index contributed by atoms with van der Waals surface area (Å²) >= 11 is 0. The van der Waals surface area contributed by atoms with Crippen molar-refractivity contribution in [2.24, 2.45) is 4.99 Å². The molecule has 0 spiro atoms.